The summed E-state index contributed by atoms with van der Waals surface area (Å²) in [6, 6.07) is 3.06. The van der Waals surface area contributed by atoms with Crippen LogP contribution in [-0.4, -0.2) is 51.6 Å². The molecule has 0 aliphatic carbocycles. The highest BCUT2D eigenvalue weighted by Crippen LogP contribution is 2.20. The summed E-state index contributed by atoms with van der Waals surface area (Å²) < 4.78 is 31.8. The lowest BCUT2D eigenvalue weighted by atomic mass is 10.0. The number of sulfonamides is 1. The summed E-state index contributed by atoms with van der Waals surface area (Å²) in [4.78, 5) is 4.29. The molecule has 0 bridgehead atoms. The van der Waals surface area contributed by atoms with E-state index >= 15 is 0 Å². The summed E-state index contributed by atoms with van der Waals surface area (Å²) in [5.41, 5.74) is 0. The summed E-state index contributed by atoms with van der Waals surface area (Å²) >= 11 is 0. The number of nitrogens with one attached hydrogen (secondary N) is 1. The molecule has 1 aromatic rings. The van der Waals surface area contributed by atoms with E-state index in [-0.39, 0.29) is 10.8 Å². The van der Waals surface area contributed by atoms with Gasteiger partial charge in [-0.1, -0.05) is 0 Å². The topological polar surface area (TPSA) is 71.5 Å². The number of anilines is 1. The zero-order valence-corrected chi connectivity index (χ0v) is 12.7. The Morgan fingerprint density at radius 1 is 1.55 bits per heavy atom. The molecule has 2 heterocycles. The van der Waals surface area contributed by atoms with Crippen molar-refractivity contribution in [3.8, 4) is 0 Å². The molecule has 0 aromatic carbocycles. The first-order chi connectivity index (χ1) is 9.54. The van der Waals surface area contributed by atoms with Gasteiger partial charge in [0.2, 0.25) is 10.0 Å². The molecule has 20 heavy (non-hydrogen) atoms. The van der Waals surface area contributed by atoms with E-state index in [0.29, 0.717) is 19.0 Å². The standard InChI is InChI=1S/C13H21N3O3S/c1-14-13-8-12(5-6-15-13)20(17,18)16(2)9-11-4-3-7-19-10-11/h5-6,8,11H,3-4,7,9-10H2,1-2H3,(H,14,15). The molecule has 1 unspecified atom stereocenters. The van der Waals surface area contributed by atoms with Crippen molar-refractivity contribution in [2.45, 2.75) is 17.7 Å². The molecule has 0 saturated carbocycles. The van der Waals surface area contributed by atoms with Crippen molar-refractivity contribution in [3.05, 3.63) is 18.3 Å². The van der Waals surface area contributed by atoms with Gasteiger partial charge in [-0.05, 0) is 24.8 Å². The number of aromatic nitrogens is 1. The number of hydrogen-bond acceptors (Lipinski definition) is 5. The Balaban J connectivity index is 2.11. The Morgan fingerprint density at radius 3 is 3.00 bits per heavy atom. The van der Waals surface area contributed by atoms with Crippen molar-refractivity contribution in [3.63, 3.8) is 0 Å². The average Bonchev–Trinajstić information content (AvgIpc) is 2.48. The van der Waals surface area contributed by atoms with E-state index < -0.39 is 10.0 Å². The van der Waals surface area contributed by atoms with Crippen LogP contribution in [0.1, 0.15) is 12.8 Å². The Hall–Kier alpha value is -1.18. The lowest BCUT2D eigenvalue weighted by molar-refractivity contribution is 0.0495. The van der Waals surface area contributed by atoms with Crippen LogP contribution < -0.4 is 5.32 Å². The maximum absolute atomic E-state index is 12.5. The van der Waals surface area contributed by atoms with Crippen LogP contribution in [0.2, 0.25) is 0 Å². The molecule has 1 fully saturated rings. The first kappa shape index (κ1) is 15.2. The lowest BCUT2D eigenvalue weighted by Gasteiger charge is -2.26. The molecule has 0 amide bonds. The quantitative estimate of drug-likeness (QED) is 0.883. The molecular formula is C13H21N3O3S. The Kier molecular flexibility index (Phi) is 4.95. The second kappa shape index (κ2) is 6.51. The predicted octanol–water partition coefficient (Wildman–Crippen LogP) is 1.17. The van der Waals surface area contributed by atoms with Gasteiger partial charge in [-0.2, -0.15) is 0 Å². The molecule has 1 saturated heterocycles. The number of hydrogen-bond donors (Lipinski definition) is 1. The summed E-state index contributed by atoms with van der Waals surface area (Å²) in [7, 11) is -0.149. The van der Waals surface area contributed by atoms with Crippen molar-refractivity contribution in [2.24, 2.45) is 5.92 Å². The fraction of sp³-hybridized carbons (Fsp3) is 0.615. The van der Waals surface area contributed by atoms with Gasteiger partial charge in [0.1, 0.15) is 5.82 Å². The number of ether oxygens (including phenoxy) is 1. The molecular weight excluding hydrogens is 278 g/mol. The van der Waals surface area contributed by atoms with Crippen LogP contribution in [0.5, 0.6) is 0 Å². The first-order valence-electron chi connectivity index (χ1n) is 6.72. The summed E-state index contributed by atoms with van der Waals surface area (Å²) in [6.45, 7) is 1.90. The second-order valence-corrected chi connectivity index (χ2v) is 7.04. The first-order valence-corrected chi connectivity index (χ1v) is 8.16. The zero-order chi connectivity index (χ0) is 14.6. The number of nitrogens with zero attached hydrogens (tertiary/aromatic N) is 2. The van der Waals surface area contributed by atoms with Gasteiger partial charge in [-0.3, -0.25) is 0 Å². The van der Waals surface area contributed by atoms with E-state index in [1.165, 1.54) is 16.6 Å². The third-order valence-corrected chi connectivity index (χ3v) is 5.28. The van der Waals surface area contributed by atoms with Gasteiger partial charge < -0.3 is 10.1 Å². The predicted molar refractivity (Wildman–Crippen MR) is 77.1 cm³/mol. The minimum Gasteiger partial charge on any atom is -0.381 e. The van der Waals surface area contributed by atoms with Crippen LogP contribution in [0.4, 0.5) is 5.82 Å². The van der Waals surface area contributed by atoms with E-state index in [4.69, 9.17) is 4.74 Å². The highest BCUT2D eigenvalue weighted by Gasteiger charge is 2.25. The van der Waals surface area contributed by atoms with Crippen molar-refractivity contribution in [1.82, 2.24) is 9.29 Å². The van der Waals surface area contributed by atoms with Crippen LogP contribution in [0, 0.1) is 5.92 Å². The Bertz CT molecular complexity index is 542. The smallest absolute Gasteiger partial charge is 0.243 e. The second-order valence-electron chi connectivity index (χ2n) is 5.00. The Morgan fingerprint density at radius 2 is 2.35 bits per heavy atom. The van der Waals surface area contributed by atoms with E-state index in [1.54, 1.807) is 20.2 Å². The van der Waals surface area contributed by atoms with E-state index in [0.717, 1.165) is 19.4 Å². The third kappa shape index (κ3) is 3.47. The Labute approximate surface area is 120 Å². The fourth-order valence-electron chi connectivity index (χ4n) is 2.30. The molecule has 112 valence electrons. The van der Waals surface area contributed by atoms with Gasteiger partial charge in [0, 0.05) is 39.5 Å². The normalized spacial score (nSPS) is 20.1. The van der Waals surface area contributed by atoms with Crippen molar-refractivity contribution in [2.75, 3.05) is 39.2 Å². The van der Waals surface area contributed by atoms with Crippen LogP contribution >= 0.6 is 0 Å². The number of pyridine rings is 1. The zero-order valence-electron chi connectivity index (χ0n) is 11.9. The average molecular weight is 299 g/mol. The monoisotopic (exact) mass is 299 g/mol. The van der Waals surface area contributed by atoms with Gasteiger partial charge in [-0.25, -0.2) is 17.7 Å². The molecule has 0 spiro atoms. The minimum absolute atomic E-state index is 0.260. The largest absolute Gasteiger partial charge is 0.381 e. The molecule has 1 aliphatic rings. The molecule has 1 N–H and O–H groups in total. The molecule has 0 radical (unpaired) electrons. The van der Waals surface area contributed by atoms with Gasteiger partial charge in [0.15, 0.2) is 0 Å². The highest BCUT2D eigenvalue weighted by atomic mass is 32.2. The summed E-state index contributed by atoms with van der Waals surface area (Å²) in [6.07, 6.45) is 3.51. The van der Waals surface area contributed by atoms with Crippen molar-refractivity contribution in [1.29, 1.82) is 0 Å². The van der Waals surface area contributed by atoms with E-state index in [9.17, 15) is 8.42 Å². The maximum atomic E-state index is 12.5. The third-order valence-electron chi connectivity index (χ3n) is 3.47. The summed E-state index contributed by atoms with van der Waals surface area (Å²) in [5.74, 6) is 0.814. The highest BCUT2D eigenvalue weighted by molar-refractivity contribution is 7.89. The van der Waals surface area contributed by atoms with Gasteiger partial charge in [-0.15, -0.1) is 0 Å². The van der Waals surface area contributed by atoms with Crippen LogP contribution in [0.15, 0.2) is 23.2 Å². The molecule has 2 rings (SSSR count). The fourth-order valence-corrected chi connectivity index (χ4v) is 3.56. The van der Waals surface area contributed by atoms with Gasteiger partial charge in [0.05, 0.1) is 11.5 Å². The van der Waals surface area contributed by atoms with Crippen LogP contribution in [0.3, 0.4) is 0 Å². The van der Waals surface area contributed by atoms with E-state index in [1.807, 2.05) is 0 Å². The van der Waals surface area contributed by atoms with Gasteiger partial charge in [0.25, 0.3) is 0 Å². The minimum atomic E-state index is -3.47. The maximum Gasteiger partial charge on any atom is 0.243 e. The van der Waals surface area contributed by atoms with E-state index in [2.05, 4.69) is 10.3 Å². The SMILES string of the molecule is CNc1cc(S(=O)(=O)N(C)CC2CCCOC2)ccn1. The van der Waals surface area contributed by atoms with Crippen molar-refractivity contribution < 1.29 is 13.2 Å². The number of rotatable bonds is 5. The molecule has 1 aromatic heterocycles. The van der Waals surface area contributed by atoms with Gasteiger partial charge >= 0.3 is 0 Å². The molecule has 6 nitrogen and oxygen atoms in total. The van der Waals surface area contributed by atoms with Crippen molar-refractivity contribution >= 4 is 15.8 Å². The molecule has 1 aliphatic heterocycles. The lowest BCUT2D eigenvalue weighted by Crippen LogP contribution is -2.35. The van der Waals surface area contributed by atoms with Crippen LogP contribution in [-0.2, 0) is 14.8 Å². The molecule has 1 atom stereocenters. The molecule has 7 heteroatoms. The van der Waals surface area contributed by atoms with Crippen LogP contribution in [0.25, 0.3) is 0 Å². The summed E-state index contributed by atoms with van der Waals surface area (Å²) in [5, 5.41) is 2.85.